The second kappa shape index (κ2) is 3.58. The third-order valence-electron chi connectivity index (χ3n) is 1.45. The van der Waals surface area contributed by atoms with Gasteiger partial charge in [-0.3, -0.25) is 20.2 Å². The monoisotopic (exact) mass is 262 g/mol. The van der Waals surface area contributed by atoms with Crippen LogP contribution in [0.3, 0.4) is 0 Å². The van der Waals surface area contributed by atoms with Gasteiger partial charge in [-0.25, -0.2) is 0 Å². The predicted octanol–water partition coefficient (Wildman–Crippen LogP) is 1.97. The van der Waals surface area contributed by atoms with Crippen LogP contribution in [-0.2, 0) is 0 Å². The van der Waals surface area contributed by atoms with E-state index in [1.165, 1.54) is 6.07 Å². The highest BCUT2D eigenvalue weighted by Crippen LogP contribution is 2.40. The van der Waals surface area contributed by atoms with Gasteiger partial charge in [-0.05, 0) is 28.1 Å². The molecule has 8 heteroatoms. The number of hydrogen-bond acceptors (Lipinski definition) is 5. The van der Waals surface area contributed by atoms with Crippen molar-refractivity contribution in [1.82, 2.24) is 0 Å². The average Bonchev–Trinajstić information content (AvgIpc) is 2.07. The lowest BCUT2D eigenvalue weighted by molar-refractivity contribution is -0.423. The lowest BCUT2D eigenvalue weighted by Gasteiger charge is -1.98. The van der Waals surface area contributed by atoms with Crippen molar-refractivity contribution in [2.75, 3.05) is 0 Å². The van der Waals surface area contributed by atoms with Crippen LogP contribution in [0.15, 0.2) is 16.6 Å². The fourth-order valence-corrected chi connectivity index (χ4v) is 1.36. The molecule has 0 aliphatic heterocycles. The third-order valence-corrected chi connectivity index (χ3v) is 2.09. The summed E-state index contributed by atoms with van der Waals surface area (Å²) in [4.78, 5) is 18.9. The van der Waals surface area contributed by atoms with Gasteiger partial charge in [0.1, 0.15) is 4.47 Å². The molecule has 0 aliphatic rings. The first-order chi connectivity index (χ1) is 6.45. The molecular weight excluding hydrogens is 260 g/mol. The maximum atomic E-state index is 10.5. The zero-order valence-corrected chi connectivity index (χ0v) is 8.09. The molecule has 1 aromatic carbocycles. The number of nitro groups is 2. The maximum Gasteiger partial charge on any atom is 0.388 e. The largest absolute Gasteiger partial charge is 0.502 e. The van der Waals surface area contributed by atoms with Crippen LogP contribution in [0.25, 0.3) is 0 Å². The van der Waals surface area contributed by atoms with E-state index in [-0.39, 0.29) is 4.47 Å². The highest BCUT2D eigenvalue weighted by atomic mass is 79.9. The molecule has 0 fully saturated rings. The SMILES string of the molecule is O=[N+]([O-])c1c(O)ccc(Br)c1[N+](=O)[O-]. The summed E-state index contributed by atoms with van der Waals surface area (Å²) in [5.41, 5.74) is -1.67. The number of nitrogens with zero attached hydrogens (tertiary/aromatic N) is 2. The van der Waals surface area contributed by atoms with Crippen molar-refractivity contribution in [2.45, 2.75) is 0 Å². The number of hydrogen-bond donors (Lipinski definition) is 1. The number of halogens is 1. The molecule has 14 heavy (non-hydrogen) atoms. The first-order valence-corrected chi connectivity index (χ1v) is 4.04. The van der Waals surface area contributed by atoms with Gasteiger partial charge in [0.2, 0.25) is 5.75 Å². The van der Waals surface area contributed by atoms with Gasteiger partial charge in [-0.2, -0.15) is 0 Å². The normalized spacial score (nSPS) is 9.79. The van der Waals surface area contributed by atoms with E-state index in [0.29, 0.717) is 0 Å². The fourth-order valence-electron chi connectivity index (χ4n) is 0.898. The van der Waals surface area contributed by atoms with Crippen LogP contribution >= 0.6 is 15.9 Å². The van der Waals surface area contributed by atoms with Gasteiger partial charge in [0.05, 0.1) is 9.85 Å². The number of nitro benzene ring substituents is 2. The van der Waals surface area contributed by atoms with E-state index in [2.05, 4.69) is 15.9 Å². The number of phenols is 1. The second-order valence-corrected chi connectivity index (χ2v) is 3.13. The molecule has 7 nitrogen and oxygen atoms in total. The summed E-state index contributed by atoms with van der Waals surface area (Å²) < 4.78 is -0.0491. The Morgan fingerprint density at radius 1 is 1.14 bits per heavy atom. The van der Waals surface area contributed by atoms with E-state index in [1.54, 1.807) is 0 Å². The van der Waals surface area contributed by atoms with Gasteiger partial charge in [-0.1, -0.05) is 0 Å². The van der Waals surface area contributed by atoms with Crippen molar-refractivity contribution in [3.8, 4) is 5.75 Å². The van der Waals surface area contributed by atoms with Crippen molar-refractivity contribution in [2.24, 2.45) is 0 Å². The first kappa shape index (κ1) is 10.4. The molecule has 0 atom stereocenters. The molecule has 74 valence electrons. The molecule has 1 aromatic rings. The molecule has 0 aromatic heterocycles. The zero-order chi connectivity index (χ0) is 10.9. The maximum absolute atomic E-state index is 10.5. The summed E-state index contributed by atoms with van der Waals surface area (Å²) >= 11 is 2.79. The Kier molecular flexibility index (Phi) is 2.65. The molecule has 1 N–H and O–H groups in total. The summed E-state index contributed by atoms with van der Waals surface area (Å²) in [6, 6.07) is 2.18. The Balaban J connectivity index is 3.58. The van der Waals surface area contributed by atoms with Gasteiger partial charge in [0.25, 0.3) is 0 Å². The van der Waals surface area contributed by atoms with Crippen LogP contribution in [0.4, 0.5) is 11.4 Å². The molecule has 0 saturated heterocycles. The Hall–Kier alpha value is -1.70. The molecule has 0 heterocycles. The molecule has 0 radical (unpaired) electrons. The summed E-state index contributed by atoms with van der Waals surface area (Å²) in [5, 5.41) is 29.9. The Labute approximate surface area is 85.4 Å². The van der Waals surface area contributed by atoms with Crippen LogP contribution in [0.1, 0.15) is 0 Å². The number of rotatable bonds is 2. The summed E-state index contributed by atoms with van der Waals surface area (Å²) in [7, 11) is 0. The molecular formula is C6H3BrN2O5. The Bertz CT molecular complexity index is 380. The topological polar surface area (TPSA) is 107 Å². The van der Waals surface area contributed by atoms with Crippen molar-refractivity contribution < 1.29 is 15.0 Å². The van der Waals surface area contributed by atoms with E-state index in [1.807, 2.05) is 0 Å². The van der Waals surface area contributed by atoms with Crippen LogP contribution in [0, 0.1) is 20.2 Å². The minimum Gasteiger partial charge on any atom is -0.502 e. The van der Waals surface area contributed by atoms with Gasteiger partial charge in [0, 0.05) is 0 Å². The van der Waals surface area contributed by atoms with Crippen molar-refractivity contribution in [1.29, 1.82) is 0 Å². The van der Waals surface area contributed by atoms with E-state index in [0.717, 1.165) is 6.07 Å². The Morgan fingerprint density at radius 2 is 1.64 bits per heavy atom. The molecule has 1 rings (SSSR count). The number of aromatic hydroxyl groups is 1. The highest BCUT2D eigenvalue weighted by molar-refractivity contribution is 9.10. The summed E-state index contributed by atoms with van der Waals surface area (Å²) in [6.07, 6.45) is 0. The van der Waals surface area contributed by atoms with Gasteiger partial charge in [0.15, 0.2) is 0 Å². The molecule has 0 bridgehead atoms. The quantitative estimate of drug-likeness (QED) is 0.648. The third kappa shape index (κ3) is 1.64. The summed E-state index contributed by atoms with van der Waals surface area (Å²) in [5.74, 6) is -0.732. The smallest absolute Gasteiger partial charge is 0.388 e. The molecule has 0 aliphatic carbocycles. The van der Waals surface area contributed by atoms with Crippen molar-refractivity contribution >= 4 is 27.3 Å². The lowest BCUT2D eigenvalue weighted by atomic mass is 10.2. The second-order valence-electron chi connectivity index (χ2n) is 2.28. The van der Waals surface area contributed by atoms with E-state index in [9.17, 15) is 20.2 Å². The van der Waals surface area contributed by atoms with Gasteiger partial charge < -0.3 is 5.11 Å². The van der Waals surface area contributed by atoms with Crippen LogP contribution < -0.4 is 0 Å². The van der Waals surface area contributed by atoms with Gasteiger partial charge in [-0.15, -0.1) is 0 Å². The van der Waals surface area contributed by atoms with Gasteiger partial charge >= 0.3 is 11.4 Å². The molecule has 0 saturated carbocycles. The van der Waals surface area contributed by atoms with Crippen LogP contribution in [0.5, 0.6) is 5.75 Å². The van der Waals surface area contributed by atoms with Crippen molar-refractivity contribution in [3.63, 3.8) is 0 Å². The predicted molar refractivity (Wildman–Crippen MR) is 49.1 cm³/mol. The van der Waals surface area contributed by atoms with E-state index >= 15 is 0 Å². The lowest BCUT2D eigenvalue weighted by Crippen LogP contribution is -1.97. The first-order valence-electron chi connectivity index (χ1n) is 3.25. The molecule has 0 amide bonds. The van der Waals surface area contributed by atoms with Crippen LogP contribution in [0.2, 0.25) is 0 Å². The number of phenolic OH excluding ortho intramolecular Hbond substituents is 1. The van der Waals surface area contributed by atoms with E-state index < -0.39 is 27.0 Å². The number of benzene rings is 1. The molecule has 0 spiro atoms. The highest BCUT2D eigenvalue weighted by Gasteiger charge is 2.31. The average molecular weight is 263 g/mol. The standard InChI is InChI=1S/C6H3BrN2O5/c7-3-1-2-4(10)6(9(13)14)5(3)8(11)12/h1-2,10H. The van der Waals surface area contributed by atoms with Crippen molar-refractivity contribution in [3.05, 3.63) is 36.8 Å². The minimum absolute atomic E-state index is 0.0491. The molecule has 0 unspecified atom stereocenters. The van der Waals surface area contributed by atoms with Crippen LogP contribution in [-0.4, -0.2) is 15.0 Å². The Morgan fingerprint density at radius 3 is 2.00 bits per heavy atom. The minimum atomic E-state index is -1.00. The fraction of sp³-hybridized carbons (Fsp3) is 0. The van der Waals surface area contributed by atoms with E-state index in [4.69, 9.17) is 5.11 Å². The summed E-state index contributed by atoms with van der Waals surface area (Å²) in [6.45, 7) is 0. The zero-order valence-electron chi connectivity index (χ0n) is 6.51.